The van der Waals surface area contributed by atoms with Crippen LogP contribution in [0.5, 0.6) is 5.75 Å². The zero-order chi connectivity index (χ0) is 21.0. The summed E-state index contributed by atoms with van der Waals surface area (Å²) in [7, 11) is 0. The summed E-state index contributed by atoms with van der Waals surface area (Å²) < 4.78 is 11.1. The number of hydrogen-bond donors (Lipinski definition) is 1. The lowest BCUT2D eigenvalue weighted by molar-refractivity contribution is -0.140. The number of benzene rings is 1. The van der Waals surface area contributed by atoms with Gasteiger partial charge in [-0.15, -0.1) is 0 Å². The monoisotopic (exact) mass is 397 g/mol. The molecule has 1 aliphatic heterocycles. The lowest BCUT2D eigenvalue weighted by atomic mass is 9.98. The van der Waals surface area contributed by atoms with Gasteiger partial charge >= 0.3 is 0 Å². The van der Waals surface area contributed by atoms with Crippen LogP contribution in [0.3, 0.4) is 0 Å². The maximum absolute atomic E-state index is 12.8. The van der Waals surface area contributed by atoms with Crippen molar-refractivity contribution >= 4 is 17.4 Å². The van der Waals surface area contributed by atoms with Gasteiger partial charge in [0.25, 0.3) is 11.7 Å². The fourth-order valence-corrected chi connectivity index (χ4v) is 3.66. The number of unbranched alkanes of at least 4 members (excludes halogenated alkanes) is 2. The van der Waals surface area contributed by atoms with Crippen molar-refractivity contribution in [3.05, 3.63) is 59.1 Å². The van der Waals surface area contributed by atoms with Crippen LogP contribution in [0.25, 0.3) is 5.76 Å². The summed E-state index contributed by atoms with van der Waals surface area (Å²) in [6.45, 7) is 6.81. The summed E-state index contributed by atoms with van der Waals surface area (Å²) >= 11 is 0. The fourth-order valence-electron chi connectivity index (χ4n) is 3.66. The van der Waals surface area contributed by atoms with Crippen LogP contribution in [0.1, 0.15) is 56.0 Å². The Kier molecular flexibility index (Phi) is 6.42. The lowest BCUT2D eigenvalue weighted by Crippen LogP contribution is -2.30. The number of ketones is 1. The molecule has 6 heteroatoms. The molecule has 0 spiro atoms. The molecule has 1 aromatic heterocycles. The molecule has 6 nitrogen and oxygen atoms in total. The zero-order valence-electron chi connectivity index (χ0n) is 17.1. The molecule has 1 amide bonds. The summed E-state index contributed by atoms with van der Waals surface area (Å²) in [6, 6.07) is 7.91. The van der Waals surface area contributed by atoms with Crippen LogP contribution in [0.2, 0.25) is 0 Å². The maximum Gasteiger partial charge on any atom is 0.295 e. The minimum atomic E-state index is -0.728. The molecule has 0 saturated carbocycles. The van der Waals surface area contributed by atoms with E-state index in [1.807, 2.05) is 13.8 Å². The quantitative estimate of drug-likeness (QED) is 0.305. The Morgan fingerprint density at radius 3 is 2.62 bits per heavy atom. The van der Waals surface area contributed by atoms with Gasteiger partial charge in [0.05, 0.1) is 18.4 Å². The van der Waals surface area contributed by atoms with Gasteiger partial charge in [-0.2, -0.15) is 0 Å². The average Bonchev–Trinajstić information content (AvgIpc) is 3.32. The van der Waals surface area contributed by atoms with Crippen LogP contribution in [0, 0.1) is 6.92 Å². The average molecular weight is 397 g/mol. The van der Waals surface area contributed by atoms with E-state index in [1.54, 1.807) is 30.3 Å². The third-order valence-corrected chi connectivity index (χ3v) is 5.10. The molecular weight excluding hydrogens is 370 g/mol. The Hall–Kier alpha value is -3.02. The van der Waals surface area contributed by atoms with E-state index in [2.05, 4.69) is 6.92 Å². The third kappa shape index (κ3) is 4.06. The van der Waals surface area contributed by atoms with Crippen molar-refractivity contribution < 1.29 is 23.8 Å². The lowest BCUT2D eigenvalue weighted by Gasteiger charge is -2.23. The van der Waals surface area contributed by atoms with Crippen molar-refractivity contribution in [2.45, 2.75) is 46.1 Å². The van der Waals surface area contributed by atoms with E-state index in [-0.39, 0.29) is 11.3 Å². The first kappa shape index (κ1) is 20.7. The molecule has 1 N–H and O–H groups in total. The van der Waals surface area contributed by atoms with E-state index in [0.717, 1.165) is 24.8 Å². The molecule has 1 atom stereocenters. The van der Waals surface area contributed by atoms with Crippen molar-refractivity contribution in [1.29, 1.82) is 0 Å². The highest BCUT2D eigenvalue weighted by Crippen LogP contribution is 2.40. The molecule has 2 aromatic rings. The molecule has 1 saturated heterocycles. The van der Waals surface area contributed by atoms with Gasteiger partial charge in [-0.25, -0.2) is 0 Å². The fraction of sp³-hybridized carbons (Fsp3) is 0.391. The number of aryl methyl sites for hydroxylation is 1. The highest BCUT2D eigenvalue weighted by atomic mass is 16.5. The van der Waals surface area contributed by atoms with Gasteiger partial charge in [0.15, 0.2) is 0 Å². The van der Waals surface area contributed by atoms with E-state index >= 15 is 0 Å². The van der Waals surface area contributed by atoms with Crippen LogP contribution in [-0.2, 0) is 9.59 Å². The van der Waals surface area contributed by atoms with Crippen LogP contribution in [0.15, 0.2) is 46.6 Å². The highest BCUT2D eigenvalue weighted by molar-refractivity contribution is 6.46. The van der Waals surface area contributed by atoms with Crippen molar-refractivity contribution in [2.75, 3.05) is 13.2 Å². The van der Waals surface area contributed by atoms with Crippen LogP contribution in [0.4, 0.5) is 0 Å². The first-order valence-electron chi connectivity index (χ1n) is 10.0. The van der Waals surface area contributed by atoms with Gasteiger partial charge in [0.2, 0.25) is 0 Å². The molecule has 154 valence electrons. The van der Waals surface area contributed by atoms with Gasteiger partial charge in [0.1, 0.15) is 23.3 Å². The number of carbonyl (C=O) groups excluding carboxylic acids is 2. The van der Waals surface area contributed by atoms with Gasteiger partial charge in [-0.3, -0.25) is 9.59 Å². The summed E-state index contributed by atoms with van der Waals surface area (Å²) in [5.41, 5.74) is 1.36. The summed E-state index contributed by atoms with van der Waals surface area (Å²) in [4.78, 5) is 27.1. The number of carbonyl (C=O) groups is 2. The molecule has 0 bridgehead atoms. The number of likely N-dealkylation sites (tertiary alicyclic amines) is 1. The first-order valence-corrected chi connectivity index (χ1v) is 10.0. The van der Waals surface area contributed by atoms with Gasteiger partial charge in [0, 0.05) is 12.1 Å². The SMILES string of the molecule is CCCCCN1C(=O)C(=O)/C(=C(\O)c2ccc(OCC)c(C)c2)C1c1ccco1. The van der Waals surface area contributed by atoms with Crippen LogP contribution >= 0.6 is 0 Å². The molecule has 2 heterocycles. The van der Waals surface area contributed by atoms with Gasteiger partial charge in [-0.1, -0.05) is 19.8 Å². The Labute approximate surface area is 170 Å². The molecular formula is C23H27NO5. The van der Waals surface area contributed by atoms with E-state index in [4.69, 9.17) is 9.15 Å². The second-order valence-electron chi connectivity index (χ2n) is 7.13. The number of rotatable bonds is 8. The number of ether oxygens (including phenoxy) is 1. The predicted molar refractivity (Wildman–Crippen MR) is 110 cm³/mol. The maximum atomic E-state index is 12.8. The molecule has 3 rings (SSSR count). The molecule has 29 heavy (non-hydrogen) atoms. The number of hydrogen-bond acceptors (Lipinski definition) is 5. The minimum absolute atomic E-state index is 0.0602. The number of aliphatic hydroxyl groups excluding tert-OH is 1. The first-order chi connectivity index (χ1) is 14.0. The van der Waals surface area contributed by atoms with E-state index in [1.165, 1.54) is 11.2 Å². The van der Waals surface area contributed by atoms with Crippen molar-refractivity contribution in [3.63, 3.8) is 0 Å². The van der Waals surface area contributed by atoms with Crippen molar-refractivity contribution in [2.24, 2.45) is 0 Å². The second kappa shape index (κ2) is 8.99. The summed E-state index contributed by atoms with van der Waals surface area (Å²) in [6.07, 6.45) is 4.23. The Morgan fingerprint density at radius 2 is 2.00 bits per heavy atom. The number of Topliss-reactive ketones (excluding diaryl/α,β-unsaturated/α-hetero) is 1. The van der Waals surface area contributed by atoms with Crippen molar-refractivity contribution in [1.82, 2.24) is 4.90 Å². The number of furan rings is 1. The molecule has 1 unspecified atom stereocenters. The summed E-state index contributed by atoms with van der Waals surface area (Å²) in [5, 5.41) is 11.0. The molecule has 0 aliphatic carbocycles. The second-order valence-corrected chi connectivity index (χ2v) is 7.13. The highest BCUT2D eigenvalue weighted by Gasteiger charge is 2.47. The molecule has 1 aromatic carbocycles. The van der Waals surface area contributed by atoms with Crippen molar-refractivity contribution in [3.8, 4) is 5.75 Å². The van der Waals surface area contributed by atoms with Crippen LogP contribution < -0.4 is 4.74 Å². The number of amides is 1. The minimum Gasteiger partial charge on any atom is -0.507 e. The Balaban J connectivity index is 2.05. The molecule has 1 aliphatic rings. The largest absolute Gasteiger partial charge is 0.507 e. The third-order valence-electron chi connectivity index (χ3n) is 5.10. The smallest absolute Gasteiger partial charge is 0.295 e. The van der Waals surface area contributed by atoms with E-state index in [0.29, 0.717) is 30.2 Å². The van der Waals surface area contributed by atoms with E-state index < -0.39 is 17.7 Å². The predicted octanol–water partition coefficient (Wildman–Crippen LogP) is 4.60. The normalized spacial score (nSPS) is 18.4. The van der Waals surface area contributed by atoms with Gasteiger partial charge in [-0.05, 0) is 56.2 Å². The van der Waals surface area contributed by atoms with E-state index in [9.17, 15) is 14.7 Å². The zero-order valence-corrected chi connectivity index (χ0v) is 17.1. The topological polar surface area (TPSA) is 80.0 Å². The number of aliphatic hydroxyl groups is 1. The molecule has 1 fully saturated rings. The summed E-state index contributed by atoms with van der Waals surface area (Å²) in [5.74, 6) is -0.316. The Bertz CT molecular complexity index is 913. The standard InChI is InChI=1S/C23H27NO5/c1-4-6-7-12-24-20(18-9-8-13-29-18)19(22(26)23(24)27)21(25)16-10-11-17(28-5-2)15(3)14-16/h8-11,13-14,20,25H,4-7,12H2,1-3H3/b21-19-. The van der Waals surface area contributed by atoms with Gasteiger partial charge < -0.3 is 19.2 Å². The molecule has 0 radical (unpaired) electrons. The Morgan fingerprint density at radius 1 is 1.21 bits per heavy atom. The van der Waals surface area contributed by atoms with Crippen LogP contribution in [-0.4, -0.2) is 34.8 Å². The number of nitrogens with zero attached hydrogens (tertiary/aromatic N) is 1.